The van der Waals surface area contributed by atoms with Crippen molar-refractivity contribution in [2.24, 2.45) is 7.05 Å². The molecule has 0 aliphatic carbocycles. The topological polar surface area (TPSA) is 82.1 Å². The van der Waals surface area contributed by atoms with Crippen LogP contribution in [-0.2, 0) is 29.2 Å². The number of rotatable bonds is 3. The molecule has 0 saturated carbocycles. The van der Waals surface area contributed by atoms with Gasteiger partial charge in [-0.1, -0.05) is 18.3 Å². The van der Waals surface area contributed by atoms with Gasteiger partial charge in [-0.2, -0.15) is 26.3 Å². The van der Waals surface area contributed by atoms with Gasteiger partial charge < -0.3 is 4.57 Å². The van der Waals surface area contributed by atoms with Gasteiger partial charge in [-0.15, -0.1) is 0 Å². The van der Waals surface area contributed by atoms with Gasteiger partial charge in [-0.05, 0) is 6.07 Å². The lowest BCUT2D eigenvalue weighted by molar-refractivity contribution is -0.141. The summed E-state index contributed by atoms with van der Waals surface area (Å²) < 4.78 is 106. The summed E-state index contributed by atoms with van der Waals surface area (Å²) in [4.78, 5) is 10.2. The molecule has 166 valence electrons. The number of fused-ring (bicyclic) bond motifs is 2. The fourth-order valence-electron chi connectivity index (χ4n) is 2.99. The molecule has 0 aromatic carbocycles. The van der Waals surface area contributed by atoms with E-state index in [4.69, 9.17) is 0 Å². The summed E-state index contributed by atoms with van der Waals surface area (Å²) in [6.07, 6.45) is -7.85. The van der Waals surface area contributed by atoms with E-state index in [0.717, 1.165) is 10.6 Å². The van der Waals surface area contributed by atoms with Crippen LogP contribution in [0.15, 0.2) is 23.5 Å². The quantitative estimate of drug-likeness (QED) is 0.409. The Balaban J connectivity index is 2.01. The first-order valence-electron chi connectivity index (χ1n) is 8.46. The minimum atomic E-state index is -4.71. The predicted molar refractivity (Wildman–Crippen MR) is 98.3 cm³/mol. The van der Waals surface area contributed by atoms with Gasteiger partial charge in [0.25, 0.3) is 0 Å². The highest BCUT2D eigenvalue weighted by Crippen LogP contribution is 2.39. The summed E-state index contributed by atoms with van der Waals surface area (Å²) in [5.41, 5.74) is -1.40. The normalized spacial score (nSPS) is 13.5. The fraction of sp³-hybridized carbons (Fsp3) is 0.312. The van der Waals surface area contributed by atoms with E-state index in [1.165, 1.54) is 18.5 Å². The van der Waals surface area contributed by atoms with Gasteiger partial charge in [0.2, 0.25) is 0 Å². The zero-order valence-corrected chi connectivity index (χ0v) is 17.2. The predicted octanol–water partition coefficient (Wildman–Crippen LogP) is 4.18. The number of aryl methyl sites for hydroxylation is 1. The third kappa shape index (κ3) is 3.44. The van der Waals surface area contributed by atoms with E-state index in [1.54, 1.807) is 0 Å². The molecule has 0 aliphatic rings. The standard InChI is InChI=1S/C16H11F6N5O2S2/c1-3-31(28,29)13-11(25-14-27(13)6-10(30-14)16(20,21)22)12-24-7-4-9(15(17,18)19)23-5-8(7)26(12)2/h4-6H,3H2,1-2H3. The van der Waals surface area contributed by atoms with Crippen molar-refractivity contribution in [2.45, 2.75) is 24.3 Å². The third-order valence-electron chi connectivity index (χ3n) is 4.51. The van der Waals surface area contributed by atoms with E-state index < -0.39 is 43.5 Å². The van der Waals surface area contributed by atoms with Crippen molar-refractivity contribution in [3.8, 4) is 11.5 Å². The molecule has 0 spiro atoms. The van der Waals surface area contributed by atoms with Gasteiger partial charge in [0.15, 0.2) is 25.6 Å². The van der Waals surface area contributed by atoms with Gasteiger partial charge in [0.1, 0.15) is 16.3 Å². The van der Waals surface area contributed by atoms with Gasteiger partial charge >= 0.3 is 12.4 Å². The highest BCUT2D eigenvalue weighted by molar-refractivity contribution is 7.91. The van der Waals surface area contributed by atoms with Crippen molar-refractivity contribution < 1.29 is 34.8 Å². The van der Waals surface area contributed by atoms with Crippen LogP contribution in [0.4, 0.5) is 26.3 Å². The van der Waals surface area contributed by atoms with E-state index in [9.17, 15) is 34.8 Å². The number of aromatic nitrogens is 5. The molecular weight excluding hydrogens is 472 g/mol. The summed E-state index contributed by atoms with van der Waals surface area (Å²) in [5, 5.41) is -0.515. The van der Waals surface area contributed by atoms with Gasteiger partial charge in [-0.25, -0.2) is 23.4 Å². The van der Waals surface area contributed by atoms with E-state index in [0.29, 0.717) is 12.3 Å². The Kier molecular flexibility index (Phi) is 4.63. The van der Waals surface area contributed by atoms with Gasteiger partial charge in [0, 0.05) is 13.2 Å². The van der Waals surface area contributed by atoms with Crippen LogP contribution in [0.25, 0.3) is 27.5 Å². The van der Waals surface area contributed by atoms with Crippen LogP contribution in [0.3, 0.4) is 0 Å². The SMILES string of the molecule is CCS(=O)(=O)c1c(-c2nc3cc(C(F)(F)F)ncc3n2C)nc2sc(C(F)(F)F)cn12. The van der Waals surface area contributed by atoms with E-state index in [-0.39, 0.29) is 38.8 Å². The van der Waals surface area contributed by atoms with Crippen molar-refractivity contribution in [2.75, 3.05) is 5.75 Å². The molecule has 0 amide bonds. The van der Waals surface area contributed by atoms with Crippen molar-refractivity contribution in [1.82, 2.24) is 23.9 Å². The Labute approximate surface area is 173 Å². The number of pyridine rings is 1. The maximum Gasteiger partial charge on any atom is 0.433 e. The molecule has 7 nitrogen and oxygen atoms in total. The Morgan fingerprint density at radius 2 is 1.77 bits per heavy atom. The van der Waals surface area contributed by atoms with E-state index in [2.05, 4.69) is 15.0 Å². The maximum atomic E-state index is 13.1. The highest BCUT2D eigenvalue weighted by Gasteiger charge is 2.37. The molecule has 31 heavy (non-hydrogen) atoms. The van der Waals surface area contributed by atoms with Crippen LogP contribution in [0.5, 0.6) is 0 Å². The molecule has 0 unspecified atom stereocenters. The van der Waals surface area contributed by atoms with E-state index >= 15 is 0 Å². The number of sulfone groups is 1. The molecule has 4 aromatic rings. The first-order valence-corrected chi connectivity index (χ1v) is 10.9. The van der Waals surface area contributed by atoms with Crippen molar-refractivity contribution in [3.63, 3.8) is 0 Å². The van der Waals surface area contributed by atoms with Crippen LogP contribution in [0.2, 0.25) is 0 Å². The second-order valence-electron chi connectivity index (χ2n) is 6.47. The van der Waals surface area contributed by atoms with Gasteiger partial charge in [0.05, 0.1) is 23.0 Å². The lowest BCUT2D eigenvalue weighted by Crippen LogP contribution is -2.10. The second-order valence-corrected chi connectivity index (χ2v) is 9.67. The molecule has 0 N–H and O–H groups in total. The number of imidazole rings is 2. The summed E-state index contributed by atoms with van der Waals surface area (Å²) in [7, 11) is -2.67. The molecular formula is C16H11F6N5O2S2. The Bertz CT molecular complexity index is 1430. The fourth-order valence-corrected chi connectivity index (χ4v) is 5.04. The molecule has 0 bridgehead atoms. The second kappa shape index (κ2) is 6.66. The molecule has 15 heteroatoms. The largest absolute Gasteiger partial charge is 0.433 e. The molecule has 4 aromatic heterocycles. The minimum Gasteiger partial charge on any atom is -0.324 e. The Morgan fingerprint density at radius 1 is 1.10 bits per heavy atom. The van der Waals surface area contributed by atoms with Crippen molar-refractivity contribution in [3.05, 3.63) is 29.0 Å². The molecule has 0 radical (unpaired) electrons. The average Bonchev–Trinajstić information content (AvgIpc) is 3.30. The first-order chi connectivity index (χ1) is 14.2. The Morgan fingerprint density at radius 3 is 2.35 bits per heavy atom. The van der Waals surface area contributed by atoms with Crippen LogP contribution in [0.1, 0.15) is 17.5 Å². The van der Waals surface area contributed by atoms with Crippen LogP contribution in [-0.4, -0.2) is 38.1 Å². The number of hydrogen-bond donors (Lipinski definition) is 0. The molecule has 0 aliphatic heterocycles. The molecule has 4 rings (SSSR count). The van der Waals surface area contributed by atoms with Crippen molar-refractivity contribution >= 4 is 37.2 Å². The molecule has 4 heterocycles. The molecule has 0 saturated heterocycles. The third-order valence-corrected chi connectivity index (χ3v) is 7.27. The monoisotopic (exact) mass is 483 g/mol. The lowest BCUT2D eigenvalue weighted by atomic mass is 10.3. The smallest absolute Gasteiger partial charge is 0.324 e. The number of halogens is 6. The van der Waals surface area contributed by atoms with E-state index in [1.807, 2.05) is 0 Å². The molecule has 0 atom stereocenters. The van der Waals surface area contributed by atoms with Crippen LogP contribution in [0, 0.1) is 0 Å². The molecule has 0 fully saturated rings. The number of hydrogen-bond acceptors (Lipinski definition) is 6. The van der Waals surface area contributed by atoms with Crippen LogP contribution < -0.4 is 0 Å². The number of thiazole rings is 1. The van der Waals surface area contributed by atoms with Gasteiger partial charge in [-0.3, -0.25) is 4.40 Å². The summed E-state index contributed by atoms with van der Waals surface area (Å²) in [6.45, 7) is 1.31. The van der Waals surface area contributed by atoms with Crippen LogP contribution >= 0.6 is 11.3 Å². The van der Waals surface area contributed by atoms with Crippen molar-refractivity contribution in [1.29, 1.82) is 0 Å². The highest BCUT2D eigenvalue weighted by atomic mass is 32.2. The lowest BCUT2D eigenvalue weighted by Gasteiger charge is -2.06. The minimum absolute atomic E-state index is 0.118. The maximum absolute atomic E-state index is 13.1. The number of nitrogens with zero attached hydrogens (tertiary/aromatic N) is 5. The first kappa shape index (κ1) is 21.5. The average molecular weight is 483 g/mol. The summed E-state index contributed by atoms with van der Waals surface area (Å²) in [6, 6.07) is 0.701. The Hall–Kier alpha value is -2.68. The zero-order valence-electron chi connectivity index (χ0n) is 15.6. The zero-order chi connectivity index (χ0) is 22.9. The summed E-state index contributed by atoms with van der Waals surface area (Å²) in [5.74, 6) is -0.554. The summed E-state index contributed by atoms with van der Waals surface area (Å²) >= 11 is 0.243. The number of alkyl halides is 6.